The van der Waals surface area contributed by atoms with Gasteiger partial charge in [-0.05, 0) is 29.8 Å². The molecule has 0 saturated heterocycles. The second kappa shape index (κ2) is 7.04. The molecule has 0 saturated carbocycles. The molecule has 1 unspecified atom stereocenters. The number of carbonyl (C=O) groups is 1. The molecule has 0 radical (unpaired) electrons. The number of benzene rings is 2. The van der Waals surface area contributed by atoms with Gasteiger partial charge in [-0.2, -0.15) is 0 Å². The lowest BCUT2D eigenvalue weighted by Gasteiger charge is -2.10. The van der Waals surface area contributed by atoms with E-state index < -0.39 is 10.8 Å². The second-order valence-corrected chi connectivity index (χ2v) is 6.01. The third-order valence-corrected chi connectivity index (χ3v) is 3.65. The smallest absolute Gasteiger partial charge is 0.259 e. The highest BCUT2D eigenvalue weighted by atomic mass is 32.2. The minimum Gasteiger partial charge on any atom is -0.496 e. The number of carbonyl (C=O) groups excluding carboxylic acids is 1. The van der Waals surface area contributed by atoms with Gasteiger partial charge in [0.25, 0.3) is 5.91 Å². The molecule has 1 N–H and O–H groups in total. The molecule has 21 heavy (non-hydrogen) atoms. The molecule has 2 aromatic rings. The van der Waals surface area contributed by atoms with Gasteiger partial charge in [0, 0.05) is 28.5 Å². The summed E-state index contributed by atoms with van der Waals surface area (Å²) in [5.74, 6) is 0.765. The second-order valence-electron chi connectivity index (χ2n) is 4.57. The van der Waals surface area contributed by atoms with E-state index in [1.807, 2.05) is 24.3 Å². The van der Waals surface area contributed by atoms with Crippen LogP contribution in [0.4, 0.5) is 5.69 Å². The van der Waals surface area contributed by atoms with Gasteiger partial charge < -0.3 is 10.1 Å². The van der Waals surface area contributed by atoms with Gasteiger partial charge >= 0.3 is 0 Å². The molecule has 0 fully saturated rings. The lowest BCUT2D eigenvalue weighted by atomic mass is 10.1. The predicted molar refractivity (Wildman–Crippen MR) is 85.2 cm³/mol. The molecule has 1 amide bonds. The van der Waals surface area contributed by atoms with Crippen molar-refractivity contribution >= 4 is 22.4 Å². The van der Waals surface area contributed by atoms with Crippen molar-refractivity contribution in [3.63, 3.8) is 0 Å². The van der Waals surface area contributed by atoms with Crippen LogP contribution in [0.5, 0.6) is 5.75 Å². The number of nitrogens with one attached hydrogen (secondary N) is 1. The van der Waals surface area contributed by atoms with Crippen LogP contribution >= 0.6 is 0 Å². The standard InChI is InChI=1S/C16H17NO3S/c1-20-15-9-4-3-8-14(15)16(18)17-13-7-5-6-12(10-13)11-21(2)19/h3-10H,11H2,1-2H3,(H,17,18). The number of para-hydroxylation sites is 1. The minimum absolute atomic E-state index is 0.234. The van der Waals surface area contributed by atoms with Gasteiger partial charge in [0.15, 0.2) is 0 Å². The van der Waals surface area contributed by atoms with E-state index in [-0.39, 0.29) is 5.91 Å². The number of anilines is 1. The van der Waals surface area contributed by atoms with Crippen LogP contribution < -0.4 is 10.1 Å². The topological polar surface area (TPSA) is 55.4 Å². The van der Waals surface area contributed by atoms with E-state index in [0.717, 1.165) is 5.56 Å². The lowest BCUT2D eigenvalue weighted by Crippen LogP contribution is -2.13. The van der Waals surface area contributed by atoms with Crippen molar-refractivity contribution in [3.8, 4) is 5.75 Å². The molecule has 110 valence electrons. The van der Waals surface area contributed by atoms with Crippen molar-refractivity contribution in [1.82, 2.24) is 0 Å². The molecule has 5 heteroatoms. The van der Waals surface area contributed by atoms with E-state index in [4.69, 9.17) is 4.74 Å². The van der Waals surface area contributed by atoms with E-state index in [9.17, 15) is 9.00 Å². The summed E-state index contributed by atoms with van der Waals surface area (Å²) < 4.78 is 16.4. The highest BCUT2D eigenvalue weighted by molar-refractivity contribution is 7.83. The van der Waals surface area contributed by atoms with Gasteiger partial charge in [-0.3, -0.25) is 9.00 Å². The molecule has 0 aliphatic carbocycles. The molecule has 0 aliphatic rings. The third kappa shape index (κ3) is 4.16. The minimum atomic E-state index is -0.911. The first-order valence-corrected chi connectivity index (χ1v) is 8.16. The lowest BCUT2D eigenvalue weighted by molar-refractivity contribution is 0.102. The van der Waals surface area contributed by atoms with Crippen molar-refractivity contribution in [1.29, 1.82) is 0 Å². The molecular weight excluding hydrogens is 286 g/mol. The molecule has 0 aromatic heterocycles. The largest absolute Gasteiger partial charge is 0.496 e. The molecule has 0 bridgehead atoms. The Balaban J connectivity index is 2.17. The quantitative estimate of drug-likeness (QED) is 0.924. The van der Waals surface area contributed by atoms with Crippen LogP contribution in [0, 0.1) is 0 Å². The predicted octanol–water partition coefficient (Wildman–Crippen LogP) is 2.83. The highest BCUT2D eigenvalue weighted by Crippen LogP contribution is 2.19. The molecule has 2 rings (SSSR count). The average Bonchev–Trinajstić information content (AvgIpc) is 2.46. The van der Waals surface area contributed by atoms with E-state index in [2.05, 4.69) is 5.32 Å². The zero-order valence-corrected chi connectivity index (χ0v) is 12.8. The van der Waals surface area contributed by atoms with Gasteiger partial charge in [-0.15, -0.1) is 0 Å². The van der Waals surface area contributed by atoms with Crippen LogP contribution in [-0.4, -0.2) is 23.5 Å². The normalized spacial score (nSPS) is 11.7. The van der Waals surface area contributed by atoms with Crippen molar-refractivity contribution in [2.75, 3.05) is 18.7 Å². The van der Waals surface area contributed by atoms with Gasteiger partial charge in [0.05, 0.1) is 12.7 Å². The zero-order valence-electron chi connectivity index (χ0n) is 12.0. The van der Waals surface area contributed by atoms with E-state index >= 15 is 0 Å². The van der Waals surface area contributed by atoms with E-state index in [1.165, 1.54) is 7.11 Å². The van der Waals surface area contributed by atoms with E-state index in [1.54, 1.807) is 30.5 Å². The summed E-state index contributed by atoms with van der Waals surface area (Å²) in [6.07, 6.45) is 1.65. The maximum absolute atomic E-state index is 12.3. The first kappa shape index (κ1) is 15.3. The van der Waals surface area contributed by atoms with Crippen molar-refractivity contribution in [3.05, 3.63) is 59.7 Å². The van der Waals surface area contributed by atoms with Crippen LogP contribution in [0.1, 0.15) is 15.9 Å². The molecular formula is C16H17NO3S. The molecule has 0 aliphatic heterocycles. The number of hydrogen-bond acceptors (Lipinski definition) is 3. The zero-order chi connectivity index (χ0) is 15.2. The Bertz CT molecular complexity index is 670. The first-order valence-electron chi connectivity index (χ1n) is 6.43. The Morgan fingerprint density at radius 2 is 1.95 bits per heavy atom. The fourth-order valence-electron chi connectivity index (χ4n) is 2.00. The van der Waals surface area contributed by atoms with Crippen LogP contribution in [0.25, 0.3) is 0 Å². The Kier molecular flexibility index (Phi) is 5.11. The summed E-state index contributed by atoms with van der Waals surface area (Å²) in [5, 5.41) is 2.83. The SMILES string of the molecule is COc1ccccc1C(=O)Nc1cccc(CS(C)=O)c1. The Labute approximate surface area is 126 Å². The van der Waals surface area contributed by atoms with Gasteiger partial charge in [-0.1, -0.05) is 24.3 Å². The molecule has 2 aromatic carbocycles. The fraction of sp³-hybridized carbons (Fsp3) is 0.188. The van der Waals surface area contributed by atoms with Crippen LogP contribution in [0.15, 0.2) is 48.5 Å². The maximum Gasteiger partial charge on any atom is 0.259 e. The molecule has 1 atom stereocenters. The summed E-state index contributed by atoms with van der Waals surface area (Å²) in [6, 6.07) is 14.4. The number of ether oxygens (including phenoxy) is 1. The summed E-state index contributed by atoms with van der Waals surface area (Å²) in [4.78, 5) is 12.3. The monoisotopic (exact) mass is 303 g/mol. The summed E-state index contributed by atoms with van der Waals surface area (Å²) in [6.45, 7) is 0. The van der Waals surface area contributed by atoms with Crippen LogP contribution in [0.2, 0.25) is 0 Å². The first-order chi connectivity index (χ1) is 10.1. The third-order valence-electron chi connectivity index (χ3n) is 2.91. The Hall–Kier alpha value is -2.14. The van der Waals surface area contributed by atoms with Crippen molar-refractivity contribution < 1.29 is 13.7 Å². The van der Waals surface area contributed by atoms with Crippen LogP contribution in [0.3, 0.4) is 0 Å². The highest BCUT2D eigenvalue weighted by Gasteiger charge is 2.11. The van der Waals surface area contributed by atoms with Crippen LogP contribution in [-0.2, 0) is 16.6 Å². The maximum atomic E-state index is 12.3. The molecule has 0 heterocycles. The average molecular weight is 303 g/mol. The molecule has 4 nitrogen and oxygen atoms in total. The Morgan fingerprint density at radius 3 is 2.67 bits per heavy atom. The Morgan fingerprint density at radius 1 is 1.19 bits per heavy atom. The van der Waals surface area contributed by atoms with E-state index in [0.29, 0.717) is 22.8 Å². The number of amides is 1. The van der Waals surface area contributed by atoms with Crippen molar-refractivity contribution in [2.24, 2.45) is 0 Å². The number of hydrogen-bond donors (Lipinski definition) is 1. The summed E-state index contributed by atoms with van der Waals surface area (Å²) >= 11 is 0. The fourth-order valence-corrected chi connectivity index (χ4v) is 2.65. The molecule has 0 spiro atoms. The number of rotatable bonds is 5. The van der Waals surface area contributed by atoms with Gasteiger partial charge in [0.1, 0.15) is 5.75 Å². The summed E-state index contributed by atoms with van der Waals surface area (Å²) in [7, 11) is 0.620. The van der Waals surface area contributed by atoms with Crippen molar-refractivity contribution in [2.45, 2.75) is 5.75 Å². The van der Waals surface area contributed by atoms with Gasteiger partial charge in [-0.25, -0.2) is 0 Å². The summed E-state index contributed by atoms with van der Waals surface area (Å²) in [5.41, 5.74) is 2.08. The number of methoxy groups -OCH3 is 1. The van der Waals surface area contributed by atoms with Gasteiger partial charge in [0.2, 0.25) is 0 Å².